The number of hydrogen-bond acceptors (Lipinski definition) is 3. The maximum Gasteiger partial charge on any atom is 0.279 e. The van der Waals surface area contributed by atoms with Crippen LogP contribution in [-0.4, -0.2) is 43.6 Å². The van der Waals surface area contributed by atoms with E-state index in [0.29, 0.717) is 6.54 Å². The summed E-state index contributed by atoms with van der Waals surface area (Å²) in [4.78, 5) is 0. The molecule has 102 valence electrons. The highest BCUT2D eigenvalue weighted by Crippen LogP contribution is 2.30. The van der Waals surface area contributed by atoms with Gasteiger partial charge in [0.2, 0.25) is 0 Å². The van der Waals surface area contributed by atoms with Crippen molar-refractivity contribution in [1.29, 1.82) is 0 Å². The zero-order chi connectivity index (χ0) is 12.9. The lowest BCUT2D eigenvalue weighted by Crippen LogP contribution is -2.53. The van der Waals surface area contributed by atoms with Gasteiger partial charge in [0.25, 0.3) is 10.2 Å². The van der Waals surface area contributed by atoms with Crippen LogP contribution >= 0.6 is 0 Å². The Morgan fingerprint density at radius 3 is 2.41 bits per heavy atom. The SMILES string of the molecule is CCCCN(C)S(=O)(=O)NC1(CO)CCCC1. The van der Waals surface area contributed by atoms with Crippen molar-refractivity contribution in [3.63, 3.8) is 0 Å². The highest BCUT2D eigenvalue weighted by molar-refractivity contribution is 7.87. The fourth-order valence-corrected chi connectivity index (χ4v) is 3.54. The van der Waals surface area contributed by atoms with Gasteiger partial charge in [-0.1, -0.05) is 26.2 Å². The molecule has 0 saturated heterocycles. The lowest BCUT2D eigenvalue weighted by molar-refractivity contribution is 0.183. The van der Waals surface area contributed by atoms with Gasteiger partial charge >= 0.3 is 0 Å². The lowest BCUT2D eigenvalue weighted by Gasteiger charge is -2.30. The van der Waals surface area contributed by atoms with Crippen LogP contribution in [-0.2, 0) is 10.2 Å². The van der Waals surface area contributed by atoms with Crippen LogP contribution in [0.2, 0.25) is 0 Å². The number of aliphatic hydroxyl groups is 1. The third-order valence-corrected chi connectivity index (χ3v) is 5.14. The van der Waals surface area contributed by atoms with Crippen LogP contribution < -0.4 is 4.72 Å². The van der Waals surface area contributed by atoms with E-state index < -0.39 is 15.7 Å². The van der Waals surface area contributed by atoms with E-state index in [1.807, 2.05) is 6.92 Å². The molecule has 1 aliphatic rings. The molecule has 1 aliphatic carbocycles. The molecule has 17 heavy (non-hydrogen) atoms. The third-order valence-electron chi connectivity index (χ3n) is 3.45. The van der Waals surface area contributed by atoms with Crippen molar-refractivity contribution in [3.8, 4) is 0 Å². The Kier molecular flexibility index (Phi) is 5.37. The predicted octanol–water partition coefficient (Wildman–Crippen LogP) is 0.858. The summed E-state index contributed by atoms with van der Waals surface area (Å²) in [6.07, 6.45) is 5.22. The van der Waals surface area contributed by atoms with E-state index in [9.17, 15) is 13.5 Å². The maximum atomic E-state index is 12.1. The number of nitrogens with one attached hydrogen (secondary N) is 1. The van der Waals surface area contributed by atoms with Gasteiger partial charge in [0.15, 0.2) is 0 Å². The fraction of sp³-hybridized carbons (Fsp3) is 1.00. The Hall–Kier alpha value is -0.170. The molecule has 0 amide bonds. The van der Waals surface area contributed by atoms with Gasteiger partial charge in [-0.25, -0.2) is 0 Å². The number of unbranched alkanes of at least 4 members (excludes halogenated alkanes) is 1. The van der Waals surface area contributed by atoms with Crippen molar-refractivity contribution in [2.75, 3.05) is 20.2 Å². The molecule has 0 bridgehead atoms. The topological polar surface area (TPSA) is 69.6 Å². The minimum atomic E-state index is -3.46. The quantitative estimate of drug-likeness (QED) is 0.716. The first-order chi connectivity index (χ1) is 7.96. The van der Waals surface area contributed by atoms with Crippen molar-refractivity contribution < 1.29 is 13.5 Å². The largest absolute Gasteiger partial charge is 0.394 e. The standard InChI is InChI=1S/C11H24N2O3S/c1-3-4-9-13(2)17(15,16)12-11(10-14)7-5-6-8-11/h12,14H,3-10H2,1-2H3. The molecular weight excluding hydrogens is 240 g/mol. The van der Waals surface area contributed by atoms with E-state index in [4.69, 9.17) is 0 Å². The van der Waals surface area contributed by atoms with Crippen molar-refractivity contribution in [3.05, 3.63) is 0 Å². The Morgan fingerprint density at radius 1 is 1.35 bits per heavy atom. The second kappa shape index (κ2) is 6.13. The summed E-state index contributed by atoms with van der Waals surface area (Å²) in [6, 6.07) is 0. The molecule has 0 aromatic heterocycles. The summed E-state index contributed by atoms with van der Waals surface area (Å²) in [6.45, 7) is 2.43. The van der Waals surface area contributed by atoms with Gasteiger partial charge in [-0.15, -0.1) is 0 Å². The summed E-state index contributed by atoms with van der Waals surface area (Å²) in [5.74, 6) is 0. The van der Waals surface area contributed by atoms with E-state index in [1.165, 1.54) is 4.31 Å². The van der Waals surface area contributed by atoms with E-state index >= 15 is 0 Å². The number of nitrogens with zero attached hydrogens (tertiary/aromatic N) is 1. The number of rotatable bonds is 7. The lowest BCUT2D eigenvalue weighted by atomic mass is 10.0. The van der Waals surface area contributed by atoms with Gasteiger partial charge in [-0.05, 0) is 19.3 Å². The minimum absolute atomic E-state index is 0.117. The molecule has 0 atom stereocenters. The summed E-state index contributed by atoms with van der Waals surface area (Å²) in [7, 11) is -1.88. The van der Waals surface area contributed by atoms with E-state index in [2.05, 4.69) is 4.72 Å². The summed E-state index contributed by atoms with van der Waals surface area (Å²) < 4.78 is 28.1. The van der Waals surface area contributed by atoms with Crippen LogP contribution in [0.25, 0.3) is 0 Å². The number of hydrogen-bond donors (Lipinski definition) is 2. The first-order valence-corrected chi connectivity index (χ1v) is 7.76. The molecule has 2 N–H and O–H groups in total. The second-order valence-electron chi connectivity index (χ2n) is 4.93. The van der Waals surface area contributed by atoms with Gasteiger partial charge in [0.1, 0.15) is 0 Å². The Labute approximate surface area is 104 Å². The highest BCUT2D eigenvalue weighted by Gasteiger charge is 2.38. The van der Waals surface area contributed by atoms with Crippen molar-refractivity contribution in [1.82, 2.24) is 9.03 Å². The van der Waals surface area contributed by atoms with Crippen LogP contribution in [0.5, 0.6) is 0 Å². The normalized spacial score (nSPS) is 20.0. The molecule has 0 spiro atoms. The Morgan fingerprint density at radius 2 is 1.94 bits per heavy atom. The molecule has 6 heteroatoms. The van der Waals surface area contributed by atoms with Crippen LogP contribution in [0.15, 0.2) is 0 Å². The average Bonchev–Trinajstić information content (AvgIpc) is 2.74. The molecular formula is C11H24N2O3S. The van der Waals surface area contributed by atoms with Gasteiger partial charge in [-0.2, -0.15) is 17.4 Å². The molecule has 0 heterocycles. The smallest absolute Gasteiger partial charge is 0.279 e. The summed E-state index contributed by atoms with van der Waals surface area (Å²) in [5, 5.41) is 9.39. The molecule has 1 rings (SSSR count). The highest BCUT2D eigenvalue weighted by atomic mass is 32.2. The third kappa shape index (κ3) is 3.91. The van der Waals surface area contributed by atoms with Crippen molar-refractivity contribution in [2.45, 2.75) is 51.0 Å². The first-order valence-electron chi connectivity index (χ1n) is 6.32. The first kappa shape index (κ1) is 14.9. The predicted molar refractivity (Wildman–Crippen MR) is 67.9 cm³/mol. The van der Waals surface area contributed by atoms with E-state index in [1.54, 1.807) is 7.05 Å². The average molecular weight is 264 g/mol. The zero-order valence-corrected chi connectivity index (χ0v) is 11.6. The van der Waals surface area contributed by atoms with Crippen LogP contribution in [0.4, 0.5) is 0 Å². The summed E-state index contributed by atoms with van der Waals surface area (Å²) in [5.41, 5.74) is -0.626. The molecule has 0 aliphatic heterocycles. The van der Waals surface area contributed by atoms with Gasteiger partial charge in [0.05, 0.1) is 12.1 Å². The van der Waals surface area contributed by atoms with Crippen LogP contribution in [0.3, 0.4) is 0 Å². The van der Waals surface area contributed by atoms with Crippen molar-refractivity contribution in [2.24, 2.45) is 0 Å². The number of aliphatic hydroxyl groups excluding tert-OH is 1. The van der Waals surface area contributed by atoms with E-state index in [-0.39, 0.29) is 6.61 Å². The Balaban J connectivity index is 2.64. The molecule has 0 aromatic rings. The van der Waals surface area contributed by atoms with Crippen LogP contribution in [0, 0.1) is 0 Å². The minimum Gasteiger partial charge on any atom is -0.394 e. The van der Waals surface area contributed by atoms with Gasteiger partial charge in [-0.3, -0.25) is 0 Å². The maximum absolute atomic E-state index is 12.1. The molecule has 5 nitrogen and oxygen atoms in total. The van der Waals surface area contributed by atoms with Gasteiger partial charge < -0.3 is 5.11 Å². The molecule has 1 fully saturated rings. The Bertz CT molecular complexity index is 324. The zero-order valence-electron chi connectivity index (χ0n) is 10.8. The van der Waals surface area contributed by atoms with Crippen molar-refractivity contribution >= 4 is 10.2 Å². The van der Waals surface area contributed by atoms with E-state index in [0.717, 1.165) is 38.5 Å². The van der Waals surface area contributed by atoms with Crippen LogP contribution in [0.1, 0.15) is 45.4 Å². The second-order valence-corrected chi connectivity index (χ2v) is 6.71. The summed E-state index contributed by atoms with van der Waals surface area (Å²) >= 11 is 0. The molecule has 0 unspecified atom stereocenters. The molecule has 0 radical (unpaired) electrons. The molecule has 0 aromatic carbocycles. The van der Waals surface area contributed by atoms with Gasteiger partial charge in [0, 0.05) is 13.6 Å². The monoisotopic (exact) mass is 264 g/mol. The fourth-order valence-electron chi connectivity index (χ4n) is 2.20. The molecule has 1 saturated carbocycles.